The average molecular weight is 287 g/mol. The van der Waals surface area contributed by atoms with Gasteiger partial charge in [-0.05, 0) is 18.6 Å². The molecule has 0 aromatic carbocycles. The number of carboxylic acids is 1. The number of likely N-dealkylation sites (tertiary alicyclic amines) is 1. The SMILES string of the molecule is CN1CCC(n2nnc(C(=O)O)c2-c2ccccn2)C1=O. The number of carbonyl (C=O) groups is 2. The van der Waals surface area contributed by atoms with Crippen molar-refractivity contribution in [2.24, 2.45) is 0 Å². The van der Waals surface area contributed by atoms with Crippen LogP contribution in [0.1, 0.15) is 23.0 Å². The van der Waals surface area contributed by atoms with Gasteiger partial charge in [0.05, 0.1) is 5.69 Å². The van der Waals surface area contributed by atoms with E-state index in [1.54, 1.807) is 36.3 Å². The van der Waals surface area contributed by atoms with Crippen molar-refractivity contribution in [2.75, 3.05) is 13.6 Å². The van der Waals surface area contributed by atoms with E-state index >= 15 is 0 Å². The van der Waals surface area contributed by atoms with E-state index in [1.807, 2.05) is 0 Å². The quantitative estimate of drug-likeness (QED) is 0.879. The number of amides is 1. The maximum absolute atomic E-state index is 12.1. The minimum Gasteiger partial charge on any atom is -0.476 e. The van der Waals surface area contributed by atoms with Crippen LogP contribution >= 0.6 is 0 Å². The van der Waals surface area contributed by atoms with Crippen molar-refractivity contribution in [3.8, 4) is 11.4 Å². The fourth-order valence-electron chi connectivity index (χ4n) is 2.43. The fraction of sp³-hybridized carbons (Fsp3) is 0.308. The van der Waals surface area contributed by atoms with Crippen LogP contribution in [0.25, 0.3) is 11.4 Å². The van der Waals surface area contributed by atoms with Crippen molar-refractivity contribution in [2.45, 2.75) is 12.5 Å². The van der Waals surface area contributed by atoms with E-state index in [2.05, 4.69) is 15.3 Å². The van der Waals surface area contributed by atoms with Crippen molar-refractivity contribution in [1.82, 2.24) is 24.9 Å². The highest BCUT2D eigenvalue weighted by molar-refractivity contribution is 5.92. The third kappa shape index (κ3) is 2.14. The summed E-state index contributed by atoms with van der Waals surface area (Å²) in [7, 11) is 1.71. The summed E-state index contributed by atoms with van der Waals surface area (Å²) >= 11 is 0. The summed E-state index contributed by atoms with van der Waals surface area (Å²) in [6.07, 6.45) is 2.12. The lowest BCUT2D eigenvalue weighted by atomic mass is 10.2. The van der Waals surface area contributed by atoms with Gasteiger partial charge in [-0.15, -0.1) is 5.10 Å². The summed E-state index contributed by atoms with van der Waals surface area (Å²) in [5.74, 6) is -1.30. The van der Waals surface area contributed by atoms with E-state index < -0.39 is 12.0 Å². The third-order valence-corrected chi connectivity index (χ3v) is 3.50. The molecular weight excluding hydrogens is 274 g/mol. The summed E-state index contributed by atoms with van der Waals surface area (Å²) in [4.78, 5) is 29.2. The summed E-state index contributed by atoms with van der Waals surface area (Å²) in [5.41, 5.74) is 0.495. The van der Waals surface area contributed by atoms with Crippen LogP contribution < -0.4 is 0 Å². The molecule has 0 saturated carbocycles. The lowest BCUT2D eigenvalue weighted by Gasteiger charge is -2.13. The van der Waals surface area contributed by atoms with Crippen molar-refractivity contribution in [3.63, 3.8) is 0 Å². The molecule has 2 aromatic rings. The van der Waals surface area contributed by atoms with Gasteiger partial charge in [-0.2, -0.15) is 0 Å². The molecule has 1 fully saturated rings. The second kappa shape index (κ2) is 4.97. The van der Waals surface area contributed by atoms with Crippen molar-refractivity contribution >= 4 is 11.9 Å². The first-order valence-corrected chi connectivity index (χ1v) is 6.44. The molecule has 0 aliphatic carbocycles. The molecule has 1 aliphatic rings. The van der Waals surface area contributed by atoms with Crippen molar-refractivity contribution in [3.05, 3.63) is 30.1 Å². The summed E-state index contributed by atoms with van der Waals surface area (Å²) in [5, 5.41) is 16.8. The number of carboxylic acid groups (broad SMARTS) is 1. The second-order valence-electron chi connectivity index (χ2n) is 4.82. The molecule has 0 bridgehead atoms. The van der Waals surface area contributed by atoms with Crippen LogP contribution in [-0.2, 0) is 4.79 Å². The number of likely N-dealkylation sites (N-methyl/N-ethyl adjacent to an activating group) is 1. The van der Waals surface area contributed by atoms with E-state index in [4.69, 9.17) is 0 Å². The van der Waals surface area contributed by atoms with E-state index in [-0.39, 0.29) is 17.3 Å². The van der Waals surface area contributed by atoms with Gasteiger partial charge >= 0.3 is 5.97 Å². The lowest BCUT2D eigenvalue weighted by Crippen LogP contribution is -2.25. The van der Waals surface area contributed by atoms with Crippen LogP contribution in [0, 0.1) is 0 Å². The van der Waals surface area contributed by atoms with Crippen LogP contribution in [0.5, 0.6) is 0 Å². The molecule has 0 spiro atoms. The molecule has 1 amide bonds. The number of rotatable bonds is 3. The van der Waals surface area contributed by atoms with Gasteiger partial charge in [0.25, 0.3) is 0 Å². The van der Waals surface area contributed by atoms with Crippen molar-refractivity contribution < 1.29 is 14.7 Å². The Balaban J connectivity index is 2.14. The zero-order valence-corrected chi connectivity index (χ0v) is 11.3. The highest BCUT2D eigenvalue weighted by Gasteiger charge is 2.35. The minimum absolute atomic E-state index is 0.103. The van der Waals surface area contributed by atoms with Crippen LogP contribution in [0.2, 0.25) is 0 Å². The predicted octanol–water partition coefficient (Wildman–Crippen LogP) is 0.442. The van der Waals surface area contributed by atoms with Crippen LogP contribution in [0.15, 0.2) is 24.4 Å². The van der Waals surface area contributed by atoms with E-state index in [9.17, 15) is 14.7 Å². The van der Waals surface area contributed by atoms with Crippen molar-refractivity contribution in [1.29, 1.82) is 0 Å². The number of aromatic nitrogens is 4. The van der Waals surface area contributed by atoms with Gasteiger partial charge in [-0.3, -0.25) is 9.78 Å². The van der Waals surface area contributed by atoms with Gasteiger partial charge in [0.1, 0.15) is 11.7 Å². The average Bonchev–Trinajstić information content (AvgIpc) is 3.05. The third-order valence-electron chi connectivity index (χ3n) is 3.50. The Morgan fingerprint density at radius 2 is 2.24 bits per heavy atom. The molecule has 108 valence electrons. The smallest absolute Gasteiger partial charge is 0.358 e. The highest BCUT2D eigenvalue weighted by atomic mass is 16.4. The van der Waals surface area contributed by atoms with Gasteiger partial charge in [-0.1, -0.05) is 11.3 Å². The molecular formula is C13H13N5O3. The van der Waals surface area contributed by atoms with E-state index in [1.165, 1.54) is 4.68 Å². The Kier molecular flexibility index (Phi) is 3.13. The molecule has 21 heavy (non-hydrogen) atoms. The second-order valence-corrected chi connectivity index (χ2v) is 4.82. The number of aromatic carboxylic acids is 1. The van der Waals surface area contributed by atoms with Gasteiger partial charge in [0, 0.05) is 19.8 Å². The van der Waals surface area contributed by atoms with Gasteiger partial charge in [-0.25, -0.2) is 9.48 Å². The largest absolute Gasteiger partial charge is 0.476 e. The standard InChI is InChI=1S/C13H13N5O3/c1-17-7-5-9(12(17)19)18-11(8-4-2-3-6-14-8)10(13(20)21)15-16-18/h2-4,6,9H,5,7H2,1H3,(H,20,21). The molecule has 0 radical (unpaired) electrons. The molecule has 8 heteroatoms. The maximum Gasteiger partial charge on any atom is 0.358 e. The first-order chi connectivity index (χ1) is 10.1. The lowest BCUT2D eigenvalue weighted by molar-refractivity contribution is -0.129. The normalized spacial score (nSPS) is 18.2. The van der Waals surface area contributed by atoms with E-state index in [0.29, 0.717) is 18.7 Å². The van der Waals surface area contributed by atoms with Crippen LogP contribution in [0.3, 0.4) is 0 Å². The molecule has 2 aromatic heterocycles. The highest BCUT2D eigenvalue weighted by Crippen LogP contribution is 2.28. The van der Waals surface area contributed by atoms with Crippen LogP contribution in [-0.4, -0.2) is 55.5 Å². The topological polar surface area (TPSA) is 101 Å². The minimum atomic E-state index is -1.19. The van der Waals surface area contributed by atoms with Gasteiger partial charge in [0.15, 0.2) is 5.69 Å². The number of hydrogen-bond acceptors (Lipinski definition) is 5. The Bertz CT molecular complexity index is 697. The molecule has 8 nitrogen and oxygen atoms in total. The number of carbonyl (C=O) groups excluding carboxylic acids is 1. The Labute approximate surface area is 120 Å². The monoisotopic (exact) mass is 287 g/mol. The first kappa shape index (κ1) is 13.2. The van der Waals surface area contributed by atoms with Crippen LogP contribution in [0.4, 0.5) is 0 Å². The molecule has 1 atom stereocenters. The number of hydrogen-bond donors (Lipinski definition) is 1. The zero-order chi connectivity index (χ0) is 15.0. The fourth-order valence-corrected chi connectivity index (χ4v) is 2.43. The first-order valence-electron chi connectivity index (χ1n) is 6.44. The summed E-state index contributed by atoms with van der Waals surface area (Å²) in [6.45, 7) is 0.605. The Hall–Kier alpha value is -2.77. The molecule has 1 N–H and O–H groups in total. The predicted molar refractivity (Wildman–Crippen MR) is 71.5 cm³/mol. The van der Waals surface area contributed by atoms with E-state index in [0.717, 1.165) is 0 Å². The number of pyridine rings is 1. The molecule has 1 aliphatic heterocycles. The molecule has 1 saturated heterocycles. The number of nitrogens with zero attached hydrogens (tertiary/aromatic N) is 5. The Morgan fingerprint density at radius 1 is 1.43 bits per heavy atom. The Morgan fingerprint density at radius 3 is 2.81 bits per heavy atom. The summed E-state index contributed by atoms with van der Waals surface area (Å²) in [6, 6.07) is 4.61. The molecule has 3 heterocycles. The zero-order valence-electron chi connectivity index (χ0n) is 11.3. The summed E-state index contributed by atoms with van der Waals surface area (Å²) < 4.78 is 1.37. The van der Waals surface area contributed by atoms with Gasteiger partial charge in [0.2, 0.25) is 5.91 Å². The maximum atomic E-state index is 12.1. The molecule has 3 rings (SSSR count). The van der Waals surface area contributed by atoms with Gasteiger partial charge < -0.3 is 10.0 Å². The molecule has 1 unspecified atom stereocenters.